The molecule has 0 aliphatic heterocycles. The van der Waals surface area contributed by atoms with E-state index in [1.165, 1.54) is 11.8 Å². The van der Waals surface area contributed by atoms with Crippen LogP contribution in [0.2, 0.25) is 0 Å². The molecule has 2 rings (SSSR count). The molecule has 0 spiro atoms. The lowest BCUT2D eigenvalue weighted by Crippen LogP contribution is -2.27. The van der Waals surface area contributed by atoms with Gasteiger partial charge in [-0.3, -0.25) is 9.59 Å². The maximum absolute atomic E-state index is 11.7. The number of ketones is 1. The fourth-order valence-corrected chi connectivity index (χ4v) is 2.33. The van der Waals surface area contributed by atoms with Crippen LogP contribution in [0.3, 0.4) is 0 Å². The maximum Gasteiger partial charge on any atom is 0.230 e. The van der Waals surface area contributed by atoms with E-state index in [4.69, 9.17) is 0 Å². The molecule has 0 unspecified atom stereocenters. The summed E-state index contributed by atoms with van der Waals surface area (Å²) in [5.74, 6) is 1.02. The van der Waals surface area contributed by atoms with Gasteiger partial charge in [0.25, 0.3) is 0 Å². The van der Waals surface area contributed by atoms with Crippen LogP contribution in [-0.4, -0.2) is 29.2 Å². The molecule has 0 bridgehead atoms. The molecule has 1 aromatic rings. The Morgan fingerprint density at radius 3 is 2.56 bits per heavy atom. The third-order valence-electron chi connectivity index (χ3n) is 2.68. The Labute approximate surface area is 111 Å². The number of hydrogen-bond donors (Lipinski definition) is 1. The Morgan fingerprint density at radius 1 is 1.17 bits per heavy atom. The zero-order valence-electron chi connectivity index (χ0n) is 10.2. The van der Waals surface area contributed by atoms with Crippen molar-refractivity contribution in [2.75, 3.05) is 11.5 Å². The smallest absolute Gasteiger partial charge is 0.230 e. The van der Waals surface area contributed by atoms with Crippen molar-refractivity contribution in [2.45, 2.75) is 25.3 Å². The molecule has 0 heterocycles. The molecule has 1 aromatic carbocycles. The highest BCUT2D eigenvalue weighted by molar-refractivity contribution is 8.00. The molecule has 1 aliphatic rings. The van der Waals surface area contributed by atoms with E-state index in [-0.39, 0.29) is 11.7 Å². The van der Waals surface area contributed by atoms with Gasteiger partial charge in [-0.25, -0.2) is 0 Å². The third-order valence-corrected chi connectivity index (χ3v) is 3.68. The number of nitrogens with one attached hydrogen (secondary N) is 1. The van der Waals surface area contributed by atoms with Gasteiger partial charge in [0.15, 0.2) is 0 Å². The van der Waals surface area contributed by atoms with E-state index in [2.05, 4.69) is 5.32 Å². The van der Waals surface area contributed by atoms with Crippen LogP contribution < -0.4 is 5.32 Å². The molecule has 1 fully saturated rings. The molecule has 3 nitrogen and oxygen atoms in total. The molecule has 1 saturated carbocycles. The van der Waals surface area contributed by atoms with Crippen LogP contribution in [-0.2, 0) is 16.0 Å². The van der Waals surface area contributed by atoms with Crippen LogP contribution in [0.25, 0.3) is 0 Å². The van der Waals surface area contributed by atoms with E-state index in [0.717, 1.165) is 18.4 Å². The van der Waals surface area contributed by atoms with Gasteiger partial charge >= 0.3 is 0 Å². The Balaban J connectivity index is 1.61. The first-order valence-electron chi connectivity index (χ1n) is 6.17. The Hall–Kier alpha value is -1.29. The maximum atomic E-state index is 11.7. The minimum absolute atomic E-state index is 0.0509. The van der Waals surface area contributed by atoms with Crippen molar-refractivity contribution in [1.82, 2.24) is 5.32 Å². The minimum atomic E-state index is 0.0509. The fraction of sp³-hybridized carbons (Fsp3) is 0.429. The van der Waals surface area contributed by atoms with Gasteiger partial charge in [0, 0.05) is 12.5 Å². The molecule has 1 aliphatic carbocycles. The van der Waals surface area contributed by atoms with Crippen LogP contribution in [0.1, 0.15) is 18.4 Å². The zero-order chi connectivity index (χ0) is 12.8. The van der Waals surface area contributed by atoms with Crippen LogP contribution in [0.5, 0.6) is 0 Å². The molecule has 0 aromatic heterocycles. The molecular formula is C14H17NO2S. The molecule has 0 saturated heterocycles. The van der Waals surface area contributed by atoms with Gasteiger partial charge in [-0.05, 0) is 18.4 Å². The predicted molar refractivity (Wildman–Crippen MR) is 73.6 cm³/mol. The third kappa shape index (κ3) is 4.92. The highest BCUT2D eigenvalue weighted by Gasteiger charge is 2.22. The second-order valence-corrected chi connectivity index (χ2v) is 5.52. The number of benzene rings is 1. The summed E-state index contributed by atoms with van der Waals surface area (Å²) < 4.78 is 0. The first-order chi connectivity index (χ1) is 8.74. The fourth-order valence-electron chi connectivity index (χ4n) is 1.63. The molecular weight excluding hydrogens is 246 g/mol. The first-order valence-corrected chi connectivity index (χ1v) is 7.32. The standard InChI is InChI=1S/C14H17NO2S/c16-13(8-11-4-2-1-3-5-11)9-18-10-14(17)15-12-6-7-12/h1-5,12H,6-10H2,(H,15,17). The Kier molecular flexibility index (Phi) is 4.81. The Bertz CT molecular complexity index is 415. The molecule has 1 N–H and O–H groups in total. The van der Waals surface area contributed by atoms with Gasteiger partial charge in [-0.1, -0.05) is 30.3 Å². The summed E-state index contributed by atoms with van der Waals surface area (Å²) in [6.45, 7) is 0. The average Bonchev–Trinajstić information content (AvgIpc) is 3.14. The van der Waals surface area contributed by atoms with E-state index in [1.54, 1.807) is 0 Å². The molecule has 0 atom stereocenters. The van der Waals surface area contributed by atoms with Crippen molar-refractivity contribution in [3.05, 3.63) is 35.9 Å². The number of Topliss-reactive ketones (excluding diaryl/α,β-unsaturated/α-hetero) is 1. The summed E-state index contributed by atoms with van der Waals surface area (Å²) in [4.78, 5) is 23.1. The van der Waals surface area contributed by atoms with E-state index in [0.29, 0.717) is 24.0 Å². The zero-order valence-corrected chi connectivity index (χ0v) is 11.0. The van der Waals surface area contributed by atoms with Crippen molar-refractivity contribution in [3.63, 3.8) is 0 Å². The SMILES string of the molecule is O=C(CSCC(=O)NC1CC1)Cc1ccccc1. The monoisotopic (exact) mass is 263 g/mol. The van der Waals surface area contributed by atoms with Crippen molar-refractivity contribution >= 4 is 23.5 Å². The second-order valence-electron chi connectivity index (χ2n) is 4.54. The van der Waals surface area contributed by atoms with Gasteiger partial charge in [0.05, 0.1) is 11.5 Å². The topological polar surface area (TPSA) is 46.2 Å². The van der Waals surface area contributed by atoms with Crippen molar-refractivity contribution in [1.29, 1.82) is 0 Å². The molecule has 96 valence electrons. The number of hydrogen-bond acceptors (Lipinski definition) is 3. The van der Waals surface area contributed by atoms with Crippen LogP contribution >= 0.6 is 11.8 Å². The van der Waals surface area contributed by atoms with Crippen molar-refractivity contribution in [2.24, 2.45) is 0 Å². The Morgan fingerprint density at radius 2 is 1.89 bits per heavy atom. The van der Waals surface area contributed by atoms with Gasteiger partial charge in [0.1, 0.15) is 5.78 Å². The number of rotatable bonds is 7. The number of carbonyl (C=O) groups is 2. The van der Waals surface area contributed by atoms with Gasteiger partial charge in [-0.2, -0.15) is 0 Å². The number of amides is 1. The predicted octanol–water partition coefficient (Wildman–Crippen LogP) is 1.81. The quantitative estimate of drug-likeness (QED) is 0.816. The van der Waals surface area contributed by atoms with E-state index in [1.807, 2.05) is 30.3 Å². The van der Waals surface area contributed by atoms with E-state index < -0.39 is 0 Å². The summed E-state index contributed by atoms with van der Waals surface area (Å²) in [5, 5.41) is 2.91. The largest absolute Gasteiger partial charge is 0.353 e. The summed E-state index contributed by atoms with van der Waals surface area (Å²) in [7, 11) is 0. The number of carbonyl (C=O) groups excluding carboxylic acids is 2. The summed E-state index contributed by atoms with van der Waals surface area (Å²) in [6, 6.07) is 10.1. The molecule has 1 amide bonds. The second kappa shape index (κ2) is 6.59. The van der Waals surface area contributed by atoms with Gasteiger partial charge < -0.3 is 5.32 Å². The van der Waals surface area contributed by atoms with E-state index >= 15 is 0 Å². The molecule has 4 heteroatoms. The summed E-state index contributed by atoms with van der Waals surface area (Å²) in [5.41, 5.74) is 1.03. The summed E-state index contributed by atoms with van der Waals surface area (Å²) in [6.07, 6.45) is 2.66. The van der Waals surface area contributed by atoms with Crippen LogP contribution in [0, 0.1) is 0 Å². The lowest BCUT2D eigenvalue weighted by molar-refractivity contribution is -0.118. The minimum Gasteiger partial charge on any atom is -0.353 e. The number of thioether (sulfide) groups is 1. The average molecular weight is 263 g/mol. The van der Waals surface area contributed by atoms with Gasteiger partial charge in [0.2, 0.25) is 5.91 Å². The van der Waals surface area contributed by atoms with E-state index in [9.17, 15) is 9.59 Å². The lowest BCUT2D eigenvalue weighted by atomic mass is 10.1. The van der Waals surface area contributed by atoms with Gasteiger partial charge in [-0.15, -0.1) is 11.8 Å². The highest BCUT2D eigenvalue weighted by Crippen LogP contribution is 2.18. The van der Waals surface area contributed by atoms with Crippen molar-refractivity contribution in [3.8, 4) is 0 Å². The molecule has 18 heavy (non-hydrogen) atoms. The summed E-state index contributed by atoms with van der Waals surface area (Å²) >= 11 is 1.40. The van der Waals surface area contributed by atoms with Crippen LogP contribution in [0.4, 0.5) is 0 Å². The highest BCUT2D eigenvalue weighted by atomic mass is 32.2. The molecule has 0 radical (unpaired) electrons. The van der Waals surface area contributed by atoms with Crippen molar-refractivity contribution < 1.29 is 9.59 Å². The lowest BCUT2D eigenvalue weighted by Gasteiger charge is -2.03. The first kappa shape index (κ1) is 13.1. The normalized spacial score (nSPS) is 14.2. The van der Waals surface area contributed by atoms with Crippen LogP contribution in [0.15, 0.2) is 30.3 Å².